The average Bonchev–Trinajstić information content (AvgIpc) is 2.88. The number of nitrogens with two attached hydrogens (primary N) is 1. The van der Waals surface area contributed by atoms with Crippen molar-refractivity contribution < 1.29 is 9.59 Å². The maximum atomic E-state index is 12.0. The van der Waals surface area contributed by atoms with Crippen LogP contribution in [0.3, 0.4) is 0 Å². The number of nitrogens with zero attached hydrogens (tertiary/aromatic N) is 1. The number of hydrogen-bond acceptors (Lipinski definition) is 3. The molecule has 0 spiro atoms. The van der Waals surface area contributed by atoms with Gasteiger partial charge in [0.05, 0.1) is 5.41 Å². The van der Waals surface area contributed by atoms with E-state index in [4.69, 9.17) is 5.73 Å². The van der Waals surface area contributed by atoms with Crippen LogP contribution in [-0.2, 0) is 9.59 Å². The van der Waals surface area contributed by atoms with Gasteiger partial charge < -0.3 is 16.0 Å². The van der Waals surface area contributed by atoms with Crippen LogP contribution in [0.5, 0.6) is 0 Å². The van der Waals surface area contributed by atoms with E-state index in [1.165, 1.54) is 0 Å². The lowest BCUT2D eigenvalue weighted by Gasteiger charge is -2.22. The quantitative estimate of drug-likeness (QED) is 0.719. The van der Waals surface area contributed by atoms with Crippen molar-refractivity contribution in [3.8, 4) is 0 Å². The molecular formula is C12H21N3O2. The van der Waals surface area contributed by atoms with E-state index in [-0.39, 0.29) is 11.8 Å². The van der Waals surface area contributed by atoms with Crippen LogP contribution in [0.2, 0.25) is 0 Å². The number of carbonyl (C=O) groups excluding carboxylic acids is 2. The van der Waals surface area contributed by atoms with Crippen molar-refractivity contribution in [3.05, 3.63) is 0 Å². The maximum Gasteiger partial charge on any atom is 0.225 e. The molecule has 17 heavy (non-hydrogen) atoms. The zero-order valence-electron chi connectivity index (χ0n) is 10.4. The second-order valence-corrected chi connectivity index (χ2v) is 5.49. The number of hydrogen-bond donors (Lipinski definition) is 2. The summed E-state index contributed by atoms with van der Waals surface area (Å²) in [5.74, 6) is -0.152. The van der Waals surface area contributed by atoms with Crippen LogP contribution in [0.1, 0.15) is 32.6 Å². The van der Waals surface area contributed by atoms with Gasteiger partial charge >= 0.3 is 0 Å². The van der Waals surface area contributed by atoms with E-state index in [1.807, 2.05) is 6.92 Å². The lowest BCUT2D eigenvalue weighted by molar-refractivity contribution is -0.132. The number of likely N-dealkylation sites (tertiary alicyclic amines) is 1. The minimum Gasteiger partial charge on any atom is -0.369 e. The molecule has 0 radical (unpaired) electrons. The summed E-state index contributed by atoms with van der Waals surface area (Å²) in [5, 5.41) is 3.32. The van der Waals surface area contributed by atoms with Gasteiger partial charge in [-0.3, -0.25) is 9.59 Å². The van der Waals surface area contributed by atoms with E-state index in [0.29, 0.717) is 32.0 Å². The molecule has 0 aromatic rings. The maximum absolute atomic E-state index is 12.0. The van der Waals surface area contributed by atoms with E-state index in [2.05, 4.69) is 5.32 Å². The first kappa shape index (κ1) is 12.4. The standard InChI is InChI=1S/C12H21N3O2/c1-12(11(13)17)4-6-15(8-12)10(16)7-9-3-2-5-14-9/h9,14H,2-8H2,1H3,(H2,13,17). The molecule has 2 rings (SSSR count). The average molecular weight is 239 g/mol. The normalized spacial score (nSPS) is 33.0. The Labute approximate surface area is 102 Å². The molecule has 2 aliphatic heterocycles. The van der Waals surface area contributed by atoms with Gasteiger partial charge in [-0.2, -0.15) is 0 Å². The number of amides is 2. The van der Waals surface area contributed by atoms with E-state index in [1.54, 1.807) is 4.90 Å². The van der Waals surface area contributed by atoms with Crippen LogP contribution in [0.15, 0.2) is 0 Å². The van der Waals surface area contributed by atoms with Crippen molar-refractivity contribution >= 4 is 11.8 Å². The molecule has 2 saturated heterocycles. The summed E-state index contributed by atoms with van der Waals surface area (Å²) in [4.78, 5) is 25.1. The highest BCUT2D eigenvalue weighted by molar-refractivity contribution is 5.83. The number of rotatable bonds is 3. The first-order chi connectivity index (χ1) is 8.01. The van der Waals surface area contributed by atoms with Crippen molar-refractivity contribution in [3.63, 3.8) is 0 Å². The molecule has 2 heterocycles. The third-order valence-corrected chi connectivity index (χ3v) is 4.00. The molecule has 2 amide bonds. The summed E-state index contributed by atoms with van der Waals surface area (Å²) in [6.45, 7) is 3.99. The summed E-state index contributed by atoms with van der Waals surface area (Å²) < 4.78 is 0. The van der Waals surface area contributed by atoms with Gasteiger partial charge in [0.15, 0.2) is 0 Å². The van der Waals surface area contributed by atoms with Crippen LogP contribution < -0.4 is 11.1 Å². The van der Waals surface area contributed by atoms with Crippen LogP contribution in [-0.4, -0.2) is 42.4 Å². The Morgan fingerprint density at radius 2 is 2.29 bits per heavy atom. The van der Waals surface area contributed by atoms with E-state index in [0.717, 1.165) is 19.4 Å². The Balaban J connectivity index is 1.87. The predicted octanol–water partition coefficient (Wildman–Crippen LogP) is -0.148. The van der Waals surface area contributed by atoms with Crippen LogP contribution in [0.25, 0.3) is 0 Å². The molecule has 2 aliphatic rings. The van der Waals surface area contributed by atoms with Gasteiger partial charge in [-0.1, -0.05) is 0 Å². The molecule has 3 N–H and O–H groups in total. The SMILES string of the molecule is CC1(C(N)=O)CCN(C(=O)CC2CCCN2)C1. The summed E-state index contributed by atoms with van der Waals surface area (Å²) in [6, 6.07) is 0.322. The van der Waals surface area contributed by atoms with Crippen LogP contribution in [0, 0.1) is 5.41 Å². The monoisotopic (exact) mass is 239 g/mol. The van der Waals surface area contributed by atoms with Crippen molar-refractivity contribution in [1.29, 1.82) is 0 Å². The fourth-order valence-corrected chi connectivity index (χ4v) is 2.65. The molecule has 5 heteroatoms. The van der Waals surface area contributed by atoms with Crippen molar-refractivity contribution in [2.75, 3.05) is 19.6 Å². The molecule has 2 unspecified atom stereocenters. The highest BCUT2D eigenvalue weighted by Gasteiger charge is 2.40. The van der Waals surface area contributed by atoms with E-state index < -0.39 is 5.41 Å². The summed E-state index contributed by atoms with van der Waals surface area (Å²) >= 11 is 0. The molecule has 0 saturated carbocycles. The van der Waals surface area contributed by atoms with E-state index in [9.17, 15) is 9.59 Å². The molecule has 0 aromatic heterocycles. The second-order valence-electron chi connectivity index (χ2n) is 5.49. The second kappa shape index (κ2) is 4.64. The fourth-order valence-electron chi connectivity index (χ4n) is 2.65. The largest absolute Gasteiger partial charge is 0.369 e. The number of carbonyl (C=O) groups is 2. The molecular weight excluding hydrogens is 218 g/mol. The van der Waals surface area contributed by atoms with Crippen molar-refractivity contribution in [2.45, 2.75) is 38.6 Å². The van der Waals surface area contributed by atoms with Crippen LogP contribution >= 0.6 is 0 Å². The minimum atomic E-state index is -0.529. The lowest BCUT2D eigenvalue weighted by atomic mass is 9.89. The lowest BCUT2D eigenvalue weighted by Crippen LogP contribution is -2.40. The highest BCUT2D eigenvalue weighted by Crippen LogP contribution is 2.30. The molecule has 0 aromatic carbocycles. The van der Waals surface area contributed by atoms with Crippen molar-refractivity contribution in [2.24, 2.45) is 11.1 Å². The van der Waals surface area contributed by atoms with Gasteiger partial charge in [0.1, 0.15) is 0 Å². The Morgan fingerprint density at radius 1 is 1.53 bits per heavy atom. The Hall–Kier alpha value is -1.10. The van der Waals surface area contributed by atoms with E-state index >= 15 is 0 Å². The first-order valence-corrected chi connectivity index (χ1v) is 6.32. The summed E-state index contributed by atoms with van der Waals surface area (Å²) in [6.07, 6.45) is 3.46. The number of primary amides is 1. The third-order valence-electron chi connectivity index (χ3n) is 4.00. The zero-order valence-corrected chi connectivity index (χ0v) is 10.4. The highest BCUT2D eigenvalue weighted by atomic mass is 16.2. The van der Waals surface area contributed by atoms with Gasteiger partial charge in [-0.25, -0.2) is 0 Å². The van der Waals surface area contributed by atoms with Gasteiger partial charge in [0.25, 0.3) is 0 Å². The Morgan fingerprint density at radius 3 is 2.82 bits per heavy atom. The zero-order chi connectivity index (χ0) is 12.5. The molecule has 5 nitrogen and oxygen atoms in total. The Kier molecular flexibility index (Phi) is 3.38. The minimum absolute atomic E-state index is 0.148. The molecule has 96 valence electrons. The van der Waals surface area contributed by atoms with Gasteiger partial charge in [0, 0.05) is 25.6 Å². The fraction of sp³-hybridized carbons (Fsp3) is 0.833. The summed E-state index contributed by atoms with van der Waals surface area (Å²) in [7, 11) is 0. The smallest absolute Gasteiger partial charge is 0.225 e. The predicted molar refractivity (Wildman–Crippen MR) is 64.1 cm³/mol. The van der Waals surface area contributed by atoms with Gasteiger partial charge in [-0.15, -0.1) is 0 Å². The summed E-state index contributed by atoms with van der Waals surface area (Å²) in [5.41, 5.74) is 4.84. The molecule has 2 atom stereocenters. The topological polar surface area (TPSA) is 75.4 Å². The Bertz CT molecular complexity index is 326. The third kappa shape index (κ3) is 2.60. The molecule has 2 fully saturated rings. The molecule has 0 bridgehead atoms. The number of nitrogens with one attached hydrogen (secondary N) is 1. The van der Waals surface area contributed by atoms with Crippen molar-refractivity contribution in [1.82, 2.24) is 10.2 Å². The van der Waals surface area contributed by atoms with Crippen LogP contribution in [0.4, 0.5) is 0 Å². The van der Waals surface area contributed by atoms with Gasteiger partial charge in [0.2, 0.25) is 11.8 Å². The first-order valence-electron chi connectivity index (χ1n) is 6.32. The van der Waals surface area contributed by atoms with Gasteiger partial charge in [-0.05, 0) is 32.7 Å². The molecule has 0 aliphatic carbocycles.